The third-order valence-corrected chi connectivity index (χ3v) is 2.67. The SMILES string of the molecule is CC(C)(C)c1ccc([SH](=O)=O)cc1F. The van der Waals surface area contributed by atoms with E-state index in [2.05, 4.69) is 0 Å². The minimum Gasteiger partial charge on any atom is -0.227 e. The molecule has 0 fully saturated rings. The summed E-state index contributed by atoms with van der Waals surface area (Å²) in [6, 6.07) is 4.01. The summed E-state index contributed by atoms with van der Waals surface area (Å²) in [7, 11) is -2.70. The van der Waals surface area contributed by atoms with E-state index >= 15 is 0 Å². The van der Waals surface area contributed by atoms with Gasteiger partial charge in [-0.1, -0.05) is 26.8 Å². The Hall–Kier alpha value is -0.900. The second-order valence-corrected chi connectivity index (χ2v) is 5.20. The van der Waals surface area contributed by atoms with E-state index in [4.69, 9.17) is 0 Å². The van der Waals surface area contributed by atoms with Gasteiger partial charge in [-0.2, -0.15) is 0 Å². The number of halogens is 1. The predicted molar refractivity (Wildman–Crippen MR) is 53.7 cm³/mol. The molecule has 0 atom stereocenters. The zero-order valence-electron chi connectivity index (χ0n) is 8.37. The highest BCUT2D eigenvalue weighted by Crippen LogP contribution is 2.25. The van der Waals surface area contributed by atoms with Crippen molar-refractivity contribution in [2.75, 3.05) is 0 Å². The van der Waals surface area contributed by atoms with Gasteiger partial charge in [0.2, 0.25) is 0 Å². The Morgan fingerprint density at radius 3 is 2.14 bits per heavy atom. The molecule has 0 aromatic heterocycles. The van der Waals surface area contributed by atoms with Gasteiger partial charge in [-0.3, -0.25) is 0 Å². The van der Waals surface area contributed by atoms with Crippen LogP contribution in [0, 0.1) is 5.82 Å². The van der Waals surface area contributed by atoms with Gasteiger partial charge in [0, 0.05) is 0 Å². The van der Waals surface area contributed by atoms with Gasteiger partial charge in [0.1, 0.15) is 5.82 Å². The monoisotopic (exact) mass is 216 g/mol. The first kappa shape index (κ1) is 11.2. The summed E-state index contributed by atoms with van der Waals surface area (Å²) in [5.41, 5.74) is 0.218. The molecule has 0 amide bonds. The number of thiol groups is 1. The third kappa shape index (κ3) is 2.32. The number of hydrogen-bond acceptors (Lipinski definition) is 2. The molecule has 78 valence electrons. The van der Waals surface area contributed by atoms with Crippen LogP contribution >= 0.6 is 0 Å². The summed E-state index contributed by atoms with van der Waals surface area (Å²) >= 11 is 0. The summed E-state index contributed by atoms with van der Waals surface area (Å²) in [5.74, 6) is -0.464. The fourth-order valence-corrected chi connectivity index (χ4v) is 1.64. The van der Waals surface area contributed by atoms with Crippen molar-refractivity contribution < 1.29 is 12.8 Å². The summed E-state index contributed by atoms with van der Waals surface area (Å²) in [5, 5.41) is 0. The van der Waals surface area contributed by atoms with Crippen LogP contribution in [0.1, 0.15) is 26.3 Å². The van der Waals surface area contributed by atoms with E-state index in [1.54, 1.807) is 0 Å². The molecule has 4 heteroatoms. The van der Waals surface area contributed by atoms with Crippen molar-refractivity contribution in [2.45, 2.75) is 31.1 Å². The molecule has 0 spiro atoms. The van der Waals surface area contributed by atoms with Crippen LogP contribution in [0.3, 0.4) is 0 Å². The lowest BCUT2D eigenvalue weighted by atomic mass is 9.87. The van der Waals surface area contributed by atoms with Crippen molar-refractivity contribution in [3.05, 3.63) is 29.6 Å². The summed E-state index contributed by atoms with van der Waals surface area (Å²) in [4.78, 5) is 0.0190. The average molecular weight is 216 g/mol. The molecule has 0 saturated heterocycles. The van der Waals surface area contributed by atoms with Gasteiger partial charge in [-0.05, 0) is 23.1 Å². The molecule has 1 aromatic rings. The van der Waals surface area contributed by atoms with Crippen LogP contribution in [-0.2, 0) is 16.1 Å². The molecule has 1 aromatic carbocycles. The Morgan fingerprint density at radius 1 is 1.21 bits per heavy atom. The molecular formula is C10H13FO2S. The molecule has 0 aliphatic carbocycles. The molecule has 0 unspecified atom stereocenters. The van der Waals surface area contributed by atoms with Crippen LogP contribution in [-0.4, -0.2) is 8.42 Å². The van der Waals surface area contributed by atoms with Crippen molar-refractivity contribution in [3.8, 4) is 0 Å². The Bertz CT molecular complexity index is 409. The van der Waals surface area contributed by atoms with E-state index in [0.717, 1.165) is 6.07 Å². The Kier molecular flexibility index (Phi) is 2.95. The van der Waals surface area contributed by atoms with Gasteiger partial charge < -0.3 is 0 Å². The van der Waals surface area contributed by atoms with Crippen molar-refractivity contribution >= 4 is 10.7 Å². The average Bonchev–Trinajstić information content (AvgIpc) is 2.01. The smallest absolute Gasteiger partial charge is 0.168 e. The zero-order valence-corrected chi connectivity index (χ0v) is 9.27. The van der Waals surface area contributed by atoms with E-state index in [-0.39, 0.29) is 10.3 Å². The highest BCUT2D eigenvalue weighted by molar-refractivity contribution is 7.72. The molecule has 0 aliphatic rings. The lowest BCUT2D eigenvalue weighted by Gasteiger charge is -2.19. The summed E-state index contributed by atoms with van der Waals surface area (Å²) in [6.45, 7) is 5.63. The first-order valence-corrected chi connectivity index (χ1v) is 5.44. The maximum atomic E-state index is 13.4. The maximum absolute atomic E-state index is 13.4. The van der Waals surface area contributed by atoms with Crippen LogP contribution in [0.2, 0.25) is 0 Å². The van der Waals surface area contributed by atoms with Gasteiger partial charge in [-0.25, -0.2) is 12.8 Å². The third-order valence-electron chi connectivity index (χ3n) is 1.97. The lowest BCUT2D eigenvalue weighted by molar-refractivity contribution is 0.520. The lowest BCUT2D eigenvalue weighted by Crippen LogP contribution is -2.13. The Labute approximate surface area is 84.7 Å². The van der Waals surface area contributed by atoms with Gasteiger partial charge in [-0.15, -0.1) is 0 Å². The number of benzene rings is 1. The molecule has 1 rings (SSSR count). The van der Waals surface area contributed by atoms with Crippen LogP contribution in [0.25, 0.3) is 0 Å². The standard InChI is InChI=1S/C10H13FO2S/c1-10(2,3)8-5-4-7(14(12)13)6-9(8)11/h4-6,14H,1-3H3. The van der Waals surface area contributed by atoms with Crippen molar-refractivity contribution in [1.82, 2.24) is 0 Å². The van der Waals surface area contributed by atoms with Crippen LogP contribution in [0.15, 0.2) is 23.1 Å². The fraction of sp³-hybridized carbons (Fsp3) is 0.400. The zero-order chi connectivity index (χ0) is 10.9. The molecular weight excluding hydrogens is 203 g/mol. The minimum atomic E-state index is -2.70. The predicted octanol–water partition coefficient (Wildman–Crippen LogP) is 2.09. The largest absolute Gasteiger partial charge is 0.227 e. The number of rotatable bonds is 1. The fourth-order valence-electron chi connectivity index (χ4n) is 1.23. The van der Waals surface area contributed by atoms with Gasteiger partial charge in [0.25, 0.3) is 0 Å². The van der Waals surface area contributed by atoms with Crippen LogP contribution in [0.5, 0.6) is 0 Å². The van der Waals surface area contributed by atoms with Gasteiger partial charge >= 0.3 is 0 Å². The van der Waals surface area contributed by atoms with E-state index in [1.165, 1.54) is 12.1 Å². The van der Waals surface area contributed by atoms with Crippen molar-refractivity contribution in [3.63, 3.8) is 0 Å². The molecule has 0 aliphatic heterocycles. The molecule has 2 nitrogen and oxygen atoms in total. The van der Waals surface area contributed by atoms with E-state index in [0.29, 0.717) is 5.56 Å². The molecule has 14 heavy (non-hydrogen) atoms. The van der Waals surface area contributed by atoms with Gasteiger partial charge in [0.15, 0.2) is 10.7 Å². The second-order valence-electron chi connectivity index (χ2n) is 4.17. The molecule has 0 radical (unpaired) electrons. The van der Waals surface area contributed by atoms with Crippen LogP contribution < -0.4 is 0 Å². The van der Waals surface area contributed by atoms with Crippen LogP contribution in [0.4, 0.5) is 4.39 Å². The van der Waals surface area contributed by atoms with E-state index in [9.17, 15) is 12.8 Å². The molecule has 0 saturated carbocycles. The highest BCUT2D eigenvalue weighted by Gasteiger charge is 2.18. The Balaban J connectivity index is 3.28. The minimum absolute atomic E-state index is 0.0190. The van der Waals surface area contributed by atoms with E-state index in [1.807, 2.05) is 20.8 Å². The number of hydrogen-bond donors (Lipinski definition) is 1. The first-order valence-electron chi connectivity index (χ1n) is 4.27. The summed E-state index contributed by atoms with van der Waals surface area (Å²) < 4.78 is 34.6. The van der Waals surface area contributed by atoms with Crippen molar-refractivity contribution in [1.29, 1.82) is 0 Å². The normalized spacial score (nSPS) is 12.1. The summed E-state index contributed by atoms with van der Waals surface area (Å²) in [6.07, 6.45) is 0. The Morgan fingerprint density at radius 2 is 1.79 bits per heavy atom. The van der Waals surface area contributed by atoms with Crippen molar-refractivity contribution in [2.24, 2.45) is 0 Å². The molecule has 0 N–H and O–H groups in total. The topological polar surface area (TPSA) is 34.1 Å². The quantitative estimate of drug-likeness (QED) is 0.729. The van der Waals surface area contributed by atoms with Gasteiger partial charge in [0.05, 0.1) is 4.90 Å². The maximum Gasteiger partial charge on any atom is 0.168 e. The van der Waals surface area contributed by atoms with E-state index < -0.39 is 16.5 Å². The molecule has 0 heterocycles. The molecule has 0 bridgehead atoms. The highest BCUT2D eigenvalue weighted by atomic mass is 32.2. The first-order chi connectivity index (χ1) is 6.32. The second kappa shape index (κ2) is 3.69.